The number of rotatable bonds is 6. The lowest BCUT2D eigenvalue weighted by molar-refractivity contribution is 0.0990. The summed E-state index contributed by atoms with van der Waals surface area (Å²) in [6.07, 6.45) is 0. The van der Waals surface area contributed by atoms with Crippen LogP contribution in [0.4, 0.5) is 5.69 Å². The van der Waals surface area contributed by atoms with E-state index in [9.17, 15) is 4.79 Å². The summed E-state index contributed by atoms with van der Waals surface area (Å²) in [7, 11) is 0. The first-order chi connectivity index (χ1) is 7.65. The van der Waals surface area contributed by atoms with Crippen molar-refractivity contribution < 1.29 is 14.3 Å². The third kappa shape index (κ3) is 3.39. The molecule has 1 aromatic rings. The summed E-state index contributed by atoms with van der Waals surface area (Å²) in [4.78, 5) is 14.8. The van der Waals surface area contributed by atoms with E-state index < -0.39 is 5.91 Å². The Bertz CT molecular complexity index is 368. The molecule has 4 N–H and O–H groups in total. The van der Waals surface area contributed by atoms with Crippen LogP contribution in [0.5, 0.6) is 5.88 Å². The van der Waals surface area contributed by atoms with Crippen LogP contribution >= 0.6 is 0 Å². The third-order valence-electron chi connectivity index (χ3n) is 1.81. The van der Waals surface area contributed by atoms with Gasteiger partial charge in [-0.2, -0.15) is 0 Å². The Labute approximate surface area is 93.5 Å². The number of primary amides is 1. The zero-order chi connectivity index (χ0) is 12.0. The van der Waals surface area contributed by atoms with Crippen LogP contribution in [0, 0.1) is 0 Å². The van der Waals surface area contributed by atoms with Crippen LogP contribution < -0.4 is 16.2 Å². The van der Waals surface area contributed by atoms with Gasteiger partial charge in [-0.25, -0.2) is 4.98 Å². The first-order valence-corrected chi connectivity index (χ1v) is 4.92. The zero-order valence-corrected chi connectivity index (χ0v) is 9.10. The van der Waals surface area contributed by atoms with Crippen molar-refractivity contribution in [3.63, 3.8) is 0 Å². The summed E-state index contributed by atoms with van der Waals surface area (Å²) in [5.74, 6) is -0.411. The predicted molar refractivity (Wildman–Crippen MR) is 59.2 cm³/mol. The van der Waals surface area contributed by atoms with Crippen molar-refractivity contribution in [2.75, 3.05) is 25.6 Å². The van der Waals surface area contributed by atoms with Crippen LogP contribution in [0.2, 0.25) is 0 Å². The van der Waals surface area contributed by atoms with Crippen LogP contribution in [-0.2, 0) is 4.74 Å². The van der Waals surface area contributed by atoms with E-state index in [-0.39, 0.29) is 11.6 Å². The van der Waals surface area contributed by atoms with Gasteiger partial charge >= 0.3 is 0 Å². The fourth-order valence-corrected chi connectivity index (χ4v) is 1.05. The third-order valence-corrected chi connectivity index (χ3v) is 1.81. The fraction of sp³-hybridized carbons (Fsp3) is 0.400. The number of pyridine rings is 1. The number of carbonyl (C=O) groups excluding carboxylic acids is 1. The Hall–Kier alpha value is -1.82. The molecule has 6 heteroatoms. The highest BCUT2D eigenvalue weighted by atomic mass is 16.5. The summed E-state index contributed by atoms with van der Waals surface area (Å²) in [6.45, 7) is 3.28. The van der Waals surface area contributed by atoms with Gasteiger partial charge in [0.25, 0.3) is 5.91 Å². The van der Waals surface area contributed by atoms with Crippen LogP contribution in [0.3, 0.4) is 0 Å². The molecule has 1 aromatic heterocycles. The van der Waals surface area contributed by atoms with Crippen molar-refractivity contribution in [3.8, 4) is 5.88 Å². The molecule has 0 aromatic carbocycles. The van der Waals surface area contributed by atoms with Gasteiger partial charge in [-0.1, -0.05) is 0 Å². The zero-order valence-electron chi connectivity index (χ0n) is 9.10. The van der Waals surface area contributed by atoms with Crippen molar-refractivity contribution >= 4 is 11.6 Å². The molecule has 88 valence electrons. The number of nitrogens with two attached hydrogens (primary N) is 2. The molecule has 1 amide bonds. The maximum Gasteiger partial charge on any atom is 0.267 e. The van der Waals surface area contributed by atoms with E-state index in [1.165, 1.54) is 12.1 Å². The van der Waals surface area contributed by atoms with Crippen molar-refractivity contribution in [3.05, 3.63) is 17.8 Å². The standard InChI is InChI=1S/C10H15N3O3/c1-2-15-5-6-16-10-7(11)3-4-8(13-10)9(12)14/h3-4H,2,5-6,11H2,1H3,(H2,12,14). The van der Waals surface area contributed by atoms with Gasteiger partial charge in [-0.15, -0.1) is 0 Å². The lowest BCUT2D eigenvalue weighted by Crippen LogP contribution is -2.15. The van der Waals surface area contributed by atoms with Crippen molar-refractivity contribution in [1.29, 1.82) is 0 Å². The maximum atomic E-state index is 10.9. The van der Waals surface area contributed by atoms with E-state index in [4.69, 9.17) is 20.9 Å². The van der Waals surface area contributed by atoms with E-state index in [0.717, 1.165) is 0 Å². The van der Waals surface area contributed by atoms with Gasteiger partial charge in [0.2, 0.25) is 5.88 Å². The van der Waals surface area contributed by atoms with Crippen LogP contribution in [0.15, 0.2) is 12.1 Å². The van der Waals surface area contributed by atoms with E-state index in [2.05, 4.69) is 4.98 Å². The van der Waals surface area contributed by atoms with Crippen LogP contribution in [0.1, 0.15) is 17.4 Å². The molecule has 0 bridgehead atoms. The minimum atomic E-state index is -0.616. The van der Waals surface area contributed by atoms with Gasteiger partial charge in [-0.05, 0) is 19.1 Å². The average molecular weight is 225 g/mol. The molecule has 6 nitrogen and oxygen atoms in total. The van der Waals surface area contributed by atoms with Crippen LogP contribution in [0.25, 0.3) is 0 Å². The number of nitrogens with zero attached hydrogens (tertiary/aromatic N) is 1. The summed E-state index contributed by atoms with van der Waals surface area (Å²) in [6, 6.07) is 2.98. The molecule has 0 saturated carbocycles. The quantitative estimate of drug-likeness (QED) is 0.672. The molecule has 0 spiro atoms. The second-order valence-corrected chi connectivity index (χ2v) is 3.00. The highest BCUT2D eigenvalue weighted by Crippen LogP contribution is 2.17. The maximum absolute atomic E-state index is 10.9. The van der Waals surface area contributed by atoms with Gasteiger partial charge in [-0.3, -0.25) is 4.79 Å². The summed E-state index contributed by atoms with van der Waals surface area (Å²) >= 11 is 0. The second-order valence-electron chi connectivity index (χ2n) is 3.00. The molecule has 1 heterocycles. The highest BCUT2D eigenvalue weighted by Gasteiger charge is 2.07. The molecule has 0 aliphatic carbocycles. The van der Waals surface area contributed by atoms with Gasteiger partial charge in [0, 0.05) is 6.61 Å². The number of hydrogen-bond donors (Lipinski definition) is 2. The van der Waals surface area contributed by atoms with E-state index >= 15 is 0 Å². The molecule has 0 saturated heterocycles. The van der Waals surface area contributed by atoms with E-state index in [1.807, 2.05) is 6.92 Å². The number of anilines is 1. The Kier molecular flexibility index (Phi) is 4.53. The highest BCUT2D eigenvalue weighted by molar-refractivity contribution is 5.91. The summed E-state index contributed by atoms with van der Waals surface area (Å²) in [5.41, 5.74) is 11.2. The minimum absolute atomic E-state index is 0.126. The normalized spacial score (nSPS) is 10.1. The summed E-state index contributed by atoms with van der Waals surface area (Å²) < 4.78 is 10.3. The van der Waals surface area contributed by atoms with Crippen molar-refractivity contribution in [2.45, 2.75) is 6.92 Å². The second kappa shape index (κ2) is 5.92. The molecular formula is C10H15N3O3. The molecule has 1 rings (SSSR count). The first-order valence-electron chi connectivity index (χ1n) is 4.92. The Balaban J connectivity index is 2.63. The number of amides is 1. The van der Waals surface area contributed by atoms with Gasteiger partial charge in [0.15, 0.2) is 0 Å². The number of hydrogen-bond acceptors (Lipinski definition) is 5. The monoisotopic (exact) mass is 225 g/mol. The molecule has 0 fully saturated rings. The lowest BCUT2D eigenvalue weighted by Gasteiger charge is -2.08. The van der Waals surface area contributed by atoms with Gasteiger partial charge in [0.1, 0.15) is 12.3 Å². The van der Waals surface area contributed by atoms with Crippen molar-refractivity contribution in [1.82, 2.24) is 4.98 Å². The van der Waals surface area contributed by atoms with E-state index in [1.54, 1.807) is 0 Å². The Morgan fingerprint density at radius 1 is 1.44 bits per heavy atom. The Morgan fingerprint density at radius 2 is 2.19 bits per heavy atom. The molecule has 0 aliphatic rings. The average Bonchev–Trinajstić information content (AvgIpc) is 2.26. The molecule has 0 radical (unpaired) electrons. The van der Waals surface area contributed by atoms with E-state index in [0.29, 0.717) is 25.5 Å². The van der Waals surface area contributed by atoms with Gasteiger partial charge < -0.3 is 20.9 Å². The number of aromatic nitrogens is 1. The molecule has 16 heavy (non-hydrogen) atoms. The fourth-order valence-electron chi connectivity index (χ4n) is 1.05. The molecule has 0 aliphatic heterocycles. The predicted octanol–water partition coefficient (Wildman–Crippen LogP) is 0.178. The van der Waals surface area contributed by atoms with Crippen molar-refractivity contribution in [2.24, 2.45) is 5.73 Å². The lowest BCUT2D eigenvalue weighted by atomic mass is 10.3. The minimum Gasteiger partial charge on any atom is -0.474 e. The van der Waals surface area contributed by atoms with Crippen LogP contribution in [-0.4, -0.2) is 30.7 Å². The SMILES string of the molecule is CCOCCOc1nc(C(N)=O)ccc1N. The Morgan fingerprint density at radius 3 is 2.81 bits per heavy atom. The molecule has 0 atom stereocenters. The number of nitrogen functional groups attached to an aromatic ring is 1. The first kappa shape index (κ1) is 12.3. The van der Waals surface area contributed by atoms with Gasteiger partial charge in [0.05, 0.1) is 12.3 Å². The topological polar surface area (TPSA) is 100 Å². The number of ether oxygens (including phenoxy) is 2. The summed E-state index contributed by atoms with van der Waals surface area (Å²) in [5, 5.41) is 0. The molecule has 0 unspecified atom stereocenters. The molecular weight excluding hydrogens is 210 g/mol. The largest absolute Gasteiger partial charge is 0.474 e. The smallest absolute Gasteiger partial charge is 0.267 e. The number of carbonyl (C=O) groups is 1.